The van der Waals surface area contributed by atoms with Crippen molar-refractivity contribution in [2.75, 3.05) is 6.54 Å². The van der Waals surface area contributed by atoms with E-state index in [4.69, 9.17) is 34.8 Å². The van der Waals surface area contributed by atoms with Gasteiger partial charge in [-0.3, -0.25) is 10.4 Å². The molecule has 2 N–H and O–H groups in total. The smallest absolute Gasteiger partial charge is 0.259 e. The average Bonchev–Trinajstić information content (AvgIpc) is 2.95. The number of nitrogens with zero attached hydrogens (tertiary/aromatic N) is 1. The minimum atomic E-state index is -4.49. The SMILES string of the molecule is FC(F)(F)c1cnc(C2CNNC2c2ccc(Cl)cc2Cl)c(Cl)c1. The highest BCUT2D eigenvalue weighted by molar-refractivity contribution is 6.35. The molecule has 1 aromatic carbocycles. The van der Waals surface area contributed by atoms with Crippen molar-refractivity contribution in [3.05, 3.63) is 62.4 Å². The van der Waals surface area contributed by atoms with E-state index in [1.54, 1.807) is 18.2 Å². The molecule has 1 aromatic heterocycles. The Morgan fingerprint density at radius 3 is 2.46 bits per heavy atom. The molecule has 1 aliphatic rings. The summed E-state index contributed by atoms with van der Waals surface area (Å²) in [5.74, 6) is -0.279. The fraction of sp³-hybridized carbons (Fsp3) is 0.267. The van der Waals surface area contributed by atoms with Crippen LogP contribution < -0.4 is 10.9 Å². The van der Waals surface area contributed by atoms with Crippen LogP contribution in [0.15, 0.2) is 30.5 Å². The Bertz CT molecular complexity index is 767. The molecule has 2 heterocycles. The summed E-state index contributed by atoms with van der Waals surface area (Å²) in [5.41, 5.74) is 6.28. The van der Waals surface area contributed by atoms with Crippen molar-refractivity contribution in [2.24, 2.45) is 0 Å². The number of hydrazine groups is 1. The summed E-state index contributed by atoms with van der Waals surface area (Å²) in [6.45, 7) is 0.446. The molecule has 1 aliphatic heterocycles. The highest BCUT2D eigenvalue weighted by Crippen LogP contribution is 2.40. The summed E-state index contributed by atoms with van der Waals surface area (Å²) < 4.78 is 38.3. The molecule has 0 aliphatic carbocycles. The largest absolute Gasteiger partial charge is 0.417 e. The van der Waals surface area contributed by atoms with Crippen molar-refractivity contribution in [1.82, 2.24) is 15.8 Å². The molecule has 0 amide bonds. The van der Waals surface area contributed by atoms with Crippen LogP contribution in [0.4, 0.5) is 13.2 Å². The summed E-state index contributed by atoms with van der Waals surface area (Å²) in [6, 6.07) is 5.67. The Labute approximate surface area is 151 Å². The Balaban J connectivity index is 1.96. The first-order valence-corrected chi connectivity index (χ1v) is 8.06. The third kappa shape index (κ3) is 3.48. The van der Waals surface area contributed by atoms with E-state index in [1.165, 1.54) is 0 Å². The van der Waals surface area contributed by atoms with E-state index in [-0.39, 0.29) is 17.0 Å². The number of nitrogens with one attached hydrogen (secondary N) is 2. The summed E-state index contributed by atoms with van der Waals surface area (Å²) >= 11 is 18.2. The number of pyridine rings is 1. The molecule has 1 fully saturated rings. The molecule has 0 spiro atoms. The maximum absolute atomic E-state index is 12.8. The van der Waals surface area contributed by atoms with Crippen molar-refractivity contribution in [1.29, 1.82) is 0 Å². The van der Waals surface area contributed by atoms with Crippen LogP contribution in [0.2, 0.25) is 15.1 Å². The zero-order valence-corrected chi connectivity index (χ0v) is 14.2. The lowest BCUT2D eigenvalue weighted by Crippen LogP contribution is -2.25. The van der Waals surface area contributed by atoms with E-state index in [0.717, 1.165) is 17.8 Å². The second-order valence-electron chi connectivity index (χ2n) is 5.36. The molecule has 128 valence electrons. The van der Waals surface area contributed by atoms with E-state index in [1.807, 2.05) is 0 Å². The van der Waals surface area contributed by atoms with Crippen molar-refractivity contribution >= 4 is 34.8 Å². The third-order valence-electron chi connectivity index (χ3n) is 3.83. The fourth-order valence-electron chi connectivity index (χ4n) is 2.68. The topological polar surface area (TPSA) is 37.0 Å². The predicted octanol–water partition coefficient (Wildman–Crippen LogP) is 4.99. The Hall–Kier alpha value is -1.05. The second kappa shape index (κ2) is 6.69. The van der Waals surface area contributed by atoms with E-state index >= 15 is 0 Å². The van der Waals surface area contributed by atoms with Gasteiger partial charge in [-0.25, -0.2) is 5.43 Å². The summed E-state index contributed by atoms with van der Waals surface area (Å²) in [7, 11) is 0. The normalized spacial score (nSPS) is 21.2. The molecule has 2 unspecified atom stereocenters. The Kier molecular flexibility index (Phi) is 4.95. The molecule has 2 aromatic rings. The van der Waals surface area contributed by atoms with Crippen LogP contribution in [0.5, 0.6) is 0 Å². The molecule has 0 radical (unpaired) electrons. The van der Waals surface area contributed by atoms with Crippen molar-refractivity contribution in [3.8, 4) is 0 Å². The van der Waals surface area contributed by atoms with Crippen LogP contribution in [0.3, 0.4) is 0 Å². The summed E-state index contributed by atoms with van der Waals surface area (Å²) in [5, 5.41) is 0.920. The predicted molar refractivity (Wildman–Crippen MR) is 87.3 cm³/mol. The van der Waals surface area contributed by atoms with Crippen LogP contribution in [-0.2, 0) is 6.18 Å². The third-order valence-corrected chi connectivity index (χ3v) is 4.69. The zero-order chi connectivity index (χ0) is 17.5. The van der Waals surface area contributed by atoms with Crippen LogP contribution >= 0.6 is 34.8 Å². The number of alkyl halides is 3. The molecule has 0 saturated carbocycles. The number of benzene rings is 1. The van der Waals surface area contributed by atoms with E-state index in [0.29, 0.717) is 22.3 Å². The number of hydrogen-bond acceptors (Lipinski definition) is 3. The van der Waals surface area contributed by atoms with E-state index < -0.39 is 11.7 Å². The monoisotopic (exact) mass is 395 g/mol. The van der Waals surface area contributed by atoms with Gasteiger partial charge >= 0.3 is 6.18 Å². The van der Waals surface area contributed by atoms with Gasteiger partial charge in [0, 0.05) is 28.7 Å². The molecule has 2 atom stereocenters. The lowest BCUT2D eigenvalue weighted by Gasteiger charge is -2.21. The van der Waals surface area contributed by atoms with Gasteiger partial charge in [0.15, 0.2) is 0 Å². The maximum atomic E-state index is 12.8. The number of rotatable bonds is 2. The number of aromatic nitrogens is 1. The van der Waals surface area contributed by atoms with Gasteiger partial charge in [-0.05, 0) is 23.8 Å². The highest BCUT2D eigenvalue weighted by atomic mass is 35.5. The average molecular weight is 397 g/mol. The highest BCUT2D eigenvalue weighted by Gasteiger charge is 2.36. The van der Waals surface area contributed by atoms with Crippen LogP contribution in [0, 0.1) is 0 Å². The molecular formula is C15H11Cl3F3N3. The van der Waals surface area contributed by atoms with E-state index in [2.05, 4.69) is 15.8 Å². The zero-order valence-electron chi connectivity index (χ0n) is 12.0. The molecule has 0 bridgehead atoms. The summed E-state index contributed by atoms with van der Waals surface area (Å²) in [4.78, 5) is 3.95. The van der Waals surface area contributed by atoms with Crippen molar-refractivity contribution in [3.63, 3.8) is 0 Å². The maximum Gasteiger partial charge on any atom is 0.417 e. The van der Waals surface area contributed by atoms with Crippen LogP contribution in [0.25, 0.3) is 0 Å². The first-order valence-electron chi connectivity index (χ1n) is 6.93. The molecule has 3 rings (SSSR count). The van der Waals surface area contributed by atoms with E-state index in [9.17, 15) is 13.2 Å². The van der Waals surface area contributed by atoms with Gasteiger partial charge in [-0.15, -0.1) is 0 Å². The molecule has 24 heavy (non-hydrogen) atoms. The van der Waals surface area contributed by atoms with Gasteiger partial charge in [0.2, 0.25) is 0 Å². The minimum absolute atomic E-state index is 0.0320. The van der Waals surface area contributed by atoms with Gasteiger partial charge in [0.1, 0.15) is 0 Å². The molecule has 3 nitrogen and oxygen atoms in total. The molecular weight excluding hydrogens is 386 g/mol. The minimum Gasteiger partial charge on any atom is -0.259 e. The van der Waals surface area contributed by atoms with Gasteiger partial charge in [0.05, 0.1) is 22.3 Å². The number of hydrogen-bond donors (Lipinski definition) is 2. The van der Waals surface area contributed by atoms with Gasteiger partial charge in [0.25, 0.3) is 0 Å². The first kappa shape index (κ1) is 17.8. The van der Waals surface area contributed by atoms with Crippen molar-refractivity contribution in [2.45, 2.75) is 18.1 Å². The fourth-order valence-corrected chi connectivity index (χ4v) is 3.51. The molecule has 9 heteroatoms. The Morgan fingerprint density at radius 2 is 1.83 bits per heavy atom. The Morgan fingerprint density at radius 1 is 1.08 bits per heavy atom. The number of halogens is 6. The van der Waals surface area contributed by atoms with Gasteiger partial charge in [-0.1, -0.05) is 40.9 Å². The molecule has 1 saturated heterocycles. The van der Waals surface area contributed by atoms with Crippen LogP contribution in [-0.4, -0.2) is 11.5 Å². The van der Waals surface area contributed by atoms with Crippen LogP contribution in [0.1, 0.15) is 28.8 Å². The lowest BCUT2D eigenvalue weighted by molar-refractivity contribution is -0.137. The van der Waals surface area contributed by atoms with Gasteiger partial charge < -0.3 is 0 Å². The second-order valence-corrected chi connectivity index (χ2v) is 6.61. The quantitative estimate of drug-likeness (QED) is 0.750. The lowest BCUT2D eigenvalue weighted by atomic mass is 9.91. The standard InChI is InChI=1S/C15H11Cl3F3N3/c16-8-1-2-9(11(17)4-8)13-10(6-23-24-13)14-12(18)3-7(5-22-14)15(19,20)21/h1-5,10,13,23-24H,6H2. The van der Waals surface area contributed by atoms with Gasteiger partial charge in [-0.2, -0.15) is 13.2 Å². The van der Waals surface area contributed by atoms with Crippen molar-refractivity contribution < 1.29 is 13.2 Å². The summed E-state index contributed by atoms with van der Waals surface area (Å²) in [6.07, 6.45) is -3.69. The first-order chi connectivity index (χ1) is 11.3.